The van der Waals surface area contributed by atoms with Crippen molar-refractivity contribution in [1.29, 1.82) is 0 Å². The van der Waals surface area contributed by atoms with Crippen molar-refractivity contribution >= 4 is 0 Å². The van der Waals surface area contributed by atoms with Gasteiger partial charge in [0.15, 0.2) is 0 Å². The van der Waals surface area contributed by atoms with Gasteiger partial charge in [-0.25, -0.2) is 0 Å². The largest absolute Gasteiger partial charge is 0.493 e. The fourth-order valence-corrected chi connectivity index (χ4v) is 2.31. The van der Waals surface area contributed by atoms with Crippen molar-refractivity contribution in [3.8, 4) is 11.5 Å². The normalized spacial score (nSPS) is 19.2. The fraction of sp³-hybridized carbons (Fsp3) is 0.571. The van der Waals surface area contributed by atoms with Crippen molar-refractivity contribution in [2.24, 2.45) is 5.73 Å². The van der Waals surface area contributed by atoms with E-state index in [4.69, 9.17) is 15.2 Å². The summed E-state index contributed by atoms with van der Waals surface area (Å²) < 4.78 is 11.3. The summed E-state index contributed by atoms with van der Waals surface area (Å²) in [5.41, 5.74) is 7.41. The molecular weight excluding hydrogens is 230 g/mol. The second kappa shape index (κ2) is 5.59. The number of ether oxygens (including phenoxy) is 2. The molecule has 100 valence electrons. The minimum atomic E-state index is -0.596. The Hall–Kier alpha value is -1.26. The van der Waals surface area contributed by atoms with Crippen LogP contribution in [0.15, 0.2) is 12.1 Å². The smallest absolute Gasteiger partial charge is 0.125 e. The Morgan fingerprint density at radius 1 is 1.56 bits per heavy atom. The highest BCUT2D eigenvalue weighted by Gasteiger charge is 2.24. The first-order valence-electron chi connectivity index (χ1n) is 6.50. The van der Waals surface area contributed by atoms with Crippen molar-refractivity contribution in [3.05, 3.63) is 23.3 Å². The van der Waals surface area contributed by atoms with Crippen molar-refractivity contribution in [3.63, 3.8) is 0 Å². The Morgan fingerprint density at radius 3 is 3.00 bits per heavy atom. The number of nitrogens with two attached hydrogens (primary N) is 1. The molecule has 1 aromatic rings. The molecule has 0 aliphatic carbocycles. The Bertz CT molecular complexity index is 420. The lowest BCUT2D eigenvalue weighted by Crippen LogP contribution is -2.09. The third kappa shape index (κ3) is 2.60. The SMILES string of the molecule is CCOc1cc2c(cc1C(O)CCN)OC(C)C2. The first-order chi connectivity index (χ1) is 8.65. The van der Waals surface area contributed by atoms with E-state index in [1.165, 1.54) is 0 Å². The molecule has 0 radical (unpaired) electrons. The van der Waals surface area contributed by atoms with Gasteiger partial charge in [-0.3, -0.25) is 0 Å². The first-order valence-corrected chi connectivity index (χ1v) is 6.50. The molecule has 0 saturated heterocycles. The number of benzene rings is 1. The van der Waals surface area contributed by atoms with Gasteiger partial charge in [-0.1, -0.05) is 0 Å². The van der Waals surface area contributed by atoms with E-state index in [1.807, 2.05) is 26.0 Å². The Morgan fingerprint density at radius 2 is 2.33 bits per heavy atom. The van der Waals surface area contributed by atoms with Gasteiger partial charge in [0.1, 0.15) is 17.6 Å². The zero-order chi connectivity index (χ0) is 13.1. The lowest BCUT2D eigenvalue weighted by atomic mass is 10.0. The van der Waals surface area contributed by atoms with Gasteiger partial charge in [-0.2, -0.15) is 0 Å². The molecule has 0 fully saturated rings. The van der Waals surface area contributed by atoms with E-state index >= 15 is 0 Å². The van der Waals surface area contributed by atoms with Gasteiger partial charge < -0.3 is 20.3 Å². The highest BCUT2D eigenvalue weighted by molar-refractivity contribution is 5.49. The van der Waals surface area contributed by atoms with Crippen molar-refractivity contribution in [2.75, 3.05) is 13.2 Å². The minimum absolute atomic E-state index is 0.191. The van der Waals surface area contributed by atoms with Gasteiger partial charge in [0.05, 0.1) is 12.7 Å². The number of hydrogen-bond donors (Lipinski definition) is 2. The van der Waals surface area contributed by atoms with Crippen molar-refractivity contribution in [1.82, 2.24) is 0 Å². The van der Waals surface area contributed by atoms with Gasteiger partial charge in [0.25, 0.3) is 0 Å². The highest BCUT2D eigenvalue weighted by atomic mass is 16.5. The van der Waals surface area contributed by atoms with Crippen LogP contribution in [0.25, 0.3) is 0 Å². The summed E-state index contributed by atoms with van der Waals surface area (Å²) in [5.74, 6) is 1.60. The van der Waals surface area contributed by atoms with Crippen LogP contribution in [0.4, 0.5) is 0 Å². The second-order valence-electron chi connectivity index (χ2n) is 4.66. The molecule has 2 atom stereocenters. The summed E-state index contributed by atoms with van der Waals surface area (Å²) in [5, 5.41) is 10.1. The van der Waals surface area contributed by atoms with E-state index in [0.717, 1.165) is 29.0 Å². The summed E-state index contributed by atoms with van der Waals surface area (Å²) in [6.45, 7) is 5.00. The number of rotatable bonds is 5. The molecule has 0 amide bonds. The molecule has 1 heterocycles. The van der Waals surface area contributed by atoms with Gasteiger partial charge in [0.2, 0.25) is 0 Å². The molecule has 1 aliphatic rings. The molecule has 3 N–H and O–H groups in total. The average Bonchev–Trinajstić information content (AvgIpc) is 2.68. The molecule has 2 rings (SSSR count). The maximum absolute atomic E-state index is 10.1. The van der Waals surface area contributed by atoms with E-state index in [2.05, 4.69) is 0 Å². The Balaban J connectivity index is 2.34. The summed E-state index contributed by atoms with van der Waals surface area (Å²) >= 11 is 0. The van der Waals surface area contributed by atoms with Crippen molar-refractivity contribution in [2.45, 2.75) is 38.9 Å². The van der Waals surface area contributed by atoms with Gasteiger partial charge in [0, 0.05) is 17.5 Å². The van der Waals surface area contributed by atoms with E-state index in [0.29, 0.717) is 19.6 Å². The van der Waals surface area contributed by atoms with Crippen LogP contribution in [-0.4, -0.2) is 24.4 Å². The lowest BCUT2D eigenvalue weighted by Gasteiger charge is -2.16. The van der Waals surface area contributed by atoms with E-state index < -0.39 is 6.10 Å². The standard InChI is InChI=1S/C14H21NO3/c1-3-17-14-7-10-6-9(2)18-13(10)8-11(14)12(16)4-5-15/h7-9,12,16H,3-6,15H2,1-2H3. The van der Waals surface area contributed by atoms with Gasteiger partial charge in [-0.05, 0) is 38.9 Å². The Kier molecular flexibility index (Phi) is 4.09. The van der Waals surface area contributed by atoms with Gasteiger partial charge in [-0.15, -0.1) is 0 Å². The molecule has 4 nitrogen and oxygen atoms in total. The first kappa shape index (κ1) is 13.2. The van der Waals surface area contributed by atoms with Crippen LogP contribution in [0.2, 0.25) is 0 Å². The predicted octanol–water partition coefficient (Wildman–Crippen LogP) is 1.79. The molecule has 1 aromatic carbocycles. The number of hydrogen-bond acceptors (Lipinski definition) is 4. The third-order valence-corrected chi connectivity index (χ3v) is 3.13. The van der Waals surface area contributed by atoms with Crippen LogP contribution in [-0.2, 0) is 6.42 Å². The predicted molar refractivity (Wildman–Crippen MR) is 70.0 cm³/mol. The summed E-state index contributed by atoms with van der Waals surface area (Å²) in [4.78, 5) is 0. The number of aliphatic hydroxyl groups is 1. The molecule has 18 heavy (non-hydrogen) atoms. The summed E-state index contributed by atoms with van der Waals surface area (Å²) in [7, 11) is 0. The molecular formula is C14H21NO3. The Labute approximate surface area is 108 Å². The molecule has 4 heteroatoms. The van der Waals surface area contributed by atoms with Crippen LogP contribution in [0.3, 0.4) is 0 Å². The summed E-state index contributed by atoms with van der Waals surface area (Å²) in [6, 6.07) is 3.88. The van der Waals surface area contributed by atoms with E-state index in [-0.39, 0.29) is 6.10 Å². The van der Waals surface area contributed by atoms with Crippen LogP contribution in [0, 0.1) is 0 Å². The number of aliphatic hydroxyl groups excluding tert-OH is 1. The average molecular weight is 251 g/mol. The minimum Gasteiger partial charge on any atom is -0.493 e. The quantitative estimate of drug-likeness (QED) is 0.837. The van der Waals surface area contributed by atoms with Gasteiger partial charge >= 0.3 is 0 Å². The maximum atomic E-state index is 10.1. The van der Waals surface area contributed by atoms with Crippen LogP contribution < -0.4 is 15.2 Å². The lowest BCUT2D eigenvalue weighted by molar-refractivity contribution is 0.164. The number of fused-ring (bicyclic) bond motifs is 1. The summed E-state index contributed by atoms with van der Waals surface area (Å²) in [6.07, 6.45) is 1.01. The molecule has 0 aromatic heterocycles. The van der Waals surface area contributed by atoms with Crippen LogP contribution in [0.1, 0.15) is 37.5 Å². The molecule has 2 unspecified atom stereocenters. The van der Waals surface area contributed by atoms with E-state index in [1.54, 1.807) is 0 Å². The monoisotopic (exact) mass is 251 g/mol. The molecule has 0 saturated carbocycles. The van der Waals surface area contributed by atoms with Crippen LogP contribution in [0.5, 0.6) is 11.5 Å². The zero-order valence-electron chi connectivity index (χ0n) is 11.0. The van der Waals surface area contributed by atoms with E-state index in [9.17, 15) is 5.11 Å². The van der Waals surface area contributed by atoms with Crippen molar-refractivity contribution < 1.29 is 14.6 Å². The zero-order valence-corrected chi connectivity index (χ0v) is 11.0. The second-order valence-corrected chi connectivity index (χ2v) is 4.66. The topological polar surface area (TPSA) is 64.7 Å². The molecule has 0 spiro atoms. The van der Waals surface area contributed by atoms with Crippen LogP contribution >= 0.6 is 0 Å². The maximum Gasteiger partial charge on any atom is 0.125 e. The molecule has 1 aliphatic heterocycles. The highest BCUT2D eigenvalue weighted by Crippen LogP contribution is 2.38. The fourth-order valence-electron chi connectivity index (χ4n) is 2.31. The third-order valence-electron chi connectivity index (χ3n) is 3.13. The molecule has 0 bridgehead atoms.